The molecule has 1 heterocycles. The molecule has 1 saturated carbocycles. The minimum atomic E-state index is -0.403. The van der Waals surface area contributed by atoms with Gasteiger partial charge in [-0.3, -0.25) is 14.6 Å². The first-order valence-electron chi connectivity index (χ1n) is 14.8. The maximum atomic E-state index is 13.6. The van der Waals surface area contributed by atoms with E-state index in [1.165, 1.54) is 0 Å². The third-order valence-electron chi connectivity index (χ3n) is 8.12. The maximum Gasteiger partial charge on any atom is 0.229 e. The molecule has 3 atom stereocenters. The molecule has 1 N–H and O–H groups in total. The van der Waals surface area contributed by atoms with Gasteiger partial charge in [0.15, 0.2) is 5.78 Å². The Labute approximate surface area is 251 Å². The van der Waals surface area contributed by atoms with Crippen LogP contribution >= 0.6 is 0 Å². The number of nitrogens with zero attached hydrogens (tertiary/aromatic N) is 1. The molecule has 0 bridgehead atoms. The van der Waals surface area contributed by atoms with Crippen molar-refractivity contribution in [1.82, 2.24) is 4.98 Å². The van der Waals surface area contributed by atoms with Gasteiger partial charge in [-0.1, -0.05) is 66.7 Å². The predicted molar refractivity (Wildman–Crippen MR) is 168 cm³/mol. The SMILES string of the molecule is O=C(Nc1ccc(Oc2ccccc2)cc1)C(COCc1ccccc1)CC1CCC1C(=O)c1cnc2ccccc2c1. The highest BCUT2D eigenvalue weighted by molar-refractivity contribution is 6.01. The number of rotatable bonds is 12. The summed E-state index contributed by atoms with van der Waals surface area (Å²) < 4.78 is 11.9. The van der Waals surface area contributed by atoms with Crippen molar-refractivity contribution in [1.29, 1.82) is 0 Å². The Hall–Kier alpha value is -4.81. The number of ketones is 1. The highest BCUT2D eigenvalue weighted by Crippen LogP contribution is 2.41. The second-order valence-electron chi connectivity index (χ2n) is 11.1. The fourth-order valence-corrected chi connectivity index (χ4v) is 5.60. The van der Waals surface area contributed by atoms with Crippen molar-refractivity contribution < 1.29 is 19.1 Å². The first kappa shape index (κ1) is 28.3. The second-order valence-corrected chi connectivity index (χ2v) is 11.1. The Morgan fingerprint density at radius 1 is 0.814 bits per heavy atom. The van der Waals surface area contributed by atoms with Gasteiger partial charge < -0.3 is 14.8 Å². The molecule has 4 aromatic carbocycles. The average Bonchev–Trinajstić information content (AvgIpc) is 3.03. The maximum absolute atomic E-state index is 13.6. The van der Waals surface area contributed by atoms with Gasteiger partial charge in [-0.05, 0) is 79.3 Å². The van der Waals surface area contributed by atoms with Gasteiger partial charge in [-0.15, -0.1) is 0 Å². The number of fused-ring (bicyclic) bond motifs is 1. The Morgan fingerprint density at radius 2 is 1.51 bits per heavy atom. The number of ether oxygens (including phenoxy) is 2. The molecule has 1 fully saturated rings. The van der Waals surface area contributed by atoms with Gasteiger partial charge in [0.05, 0.1) is 24.6 Å². The van der Waals surface area contributed by atoms with Crippen LogP contribution in [-0.4, -0.2) is 23.3 Å². The Bertz CT molecular complexity index is 1670. The number of carbonyl (C=O) groups excluding carboxylic acids is 2. The van der Waals surface area contributed by atoms with Crippen LogP contribution in [0.25, 0.3) is 10.9 Å². The zero-order valence-corrected chi connectivity index (χ0v) is 23.9. The number of hydrogen-bond donors (Lipinski definition) is 1. The van der Waals surface area contributed by atoms with Crippen molar-refractivity contribution in [3.05, 3.63) is 133 Å². The molecule has 5 aromatic rings. The van der Waals surface area contributed by atoms with E-state index in [1.807, 2.05) is 115 Å². The van der Waals surface area contributed by atoms with E-state index in [-0.39, 0.29) is 30.1 Å². The molecule has 43 heavy (non-hydrogen) atoms. The van der Waals surface area contributed by atoms with Crippen LogP contribution in [0.15, 0.2) is 121 Å². The van der Waals surface area contributed by atoms with Gasteiger partial charge in [-0.2, -0.15) is 0 Å². The number of nitrogens with one attached hydrogen (secondary N) is 1. The van der Waals surface area contributed by atoms with E-state index in [0.29, 0.717) is 30.0 Å². The molecular formula is C37H34N2O4. The molecular weight excluding hydrogens is 536 g/mol. The summed E-state index contributed by atoms with van der Waals surface area (Å²) in [5, 5.41) is 4.02. The van der Waals surface area contributed by atoms with Crippen molar-refractivity contribution in [3.8, 4) is 11.5 Å². The lowest BCUT2D eigenvalue weighted by molar-refractivity contribution is -0.123. The van der Waals surface area contributed by atoms with Crippen molar-refractivity contribution in [2.24, 2.45) is 17.8 Å². The first-order valence-corrected chi connectivity index (χ1v) is 14.8. The van der Waals surface area contributed by atoms with Gasteiger partial charge >= 0.3 is 0 Å². The summed E-state index contributed by atoms with van der Waals surface area (Å²) in [6, 6.07) is 36.6. The first-order chi connectivity index (χ1) is 21.1. The Morgan fingerprint density at radius 3 is 2.26 bits per heavy atom. The molecule has 6 heteroatoms. The van der Waals surface area contributed by atoms with Gasteiger partial charge in [0, 0.05) is 28.8 Å². The van der Waals surface area contributed by atoms with Crippen LogP contribution in [0.4, 0.5) is 5.69 Å². The standard InChI is InChI=1S/C37H34N2O4/c40-36(29-22-28-11-7-8-14-35(28)38-23-29)34-20-15-27(34)21-30(25-42-24-26-9-3-1-4-10-26)37(41)39-31-16-18-33(19-17-31)43-32-12-5-2-6-13-32/h1-14,16-19,22-23,27,30,34H,15,20-21,24-25H2,(H,39,41). The van der Waals surface area contributed by atoms with Gasteiger partial charge in [0.25, 0.3) is 0 Å². The van der Waals surface area contributed by atoms with Crippen LogP contribution in [0.5, 0.6) is 11.5 Å². The molecule has 0 aliphatic heterocycles. The normalized spacial score (nSPS) is 16.7. The molecule has 0 saturated heterocycles. The Kier molecular flexibility index (Phi) is 8.85. The van der Waals surface area contributed by atoms with Crippen LogP contribution in [0.2, 0.25) is 0 Å². The second kappa shape index (κ2) is 13.4. The topological polar surface area (TPSA) is 77.5 Å². The van der Waals surface area contributed by atoms with E-state index in [2.05, 4.69) is 10.3 Å². The summed E-state index contributed by atoms with van der Waals surface area (Å²) >= 11 is 0. The lowest BCUT2D eigenvalue weighted by Crippen LogP contribution is -2.38. The number of para-hydroxylation sites is 2. The van der Waals surface area contributed by atoms with Crippen LogP contribution in [0.1, 0.15) is 35.2 Å². The Balaban J connectivity index is 1.12. The van der Waals surface area contributed by atoms with Crippen molar-refractivity contribution in [2.45, 2.75) is 25.9 Å². The number of benzene rings is 4. The number of amides is 1. The number of hydrogen-bond acceptors (Lipinski definition) is 5. The van der Waals surface area contributed by atoms with Gasteiger partial charge in [-0.25, -0.2) is 0 Å². The summed E-state index contributed by atoms with van der Waals surface area (Å²) in [7, 11) is 0. The molecule has 1 aliphatic rings. The monoisotopic (exact) mass is 570 g/mol. The molecule has 6 rings (SSSR count). The van der Waals surface area contributed by atoms with Crippen LogP contribution in [-0.2, 0) is 16.1 Å². The summed E-state index contributed by atoms with van der Waals surface area (Å²) in [5.41, 5.74) is 3.24. The molecule has 216 valence electrons. The summed E-state index contributed by atoms with van der Waals surface area (Å²) in [6.07, 6.45) is 3.98. The number of aromatic nitrogens is 1. The zero-order valence-electron chi connectivity index (χ0n) is 23.9. The van der Waals surface area contributed by atoms with E-state index in [4.69, 9.17) is 9.47 Å². The lowest BCUT2D eigenvalue weighted by Gasteiger charge is -2.37. The number of pyridine rings is 1. The fourth-order valence-electron chi connectivity index (χ4n) is 5.60. The number of carbonyl (C=O) groups is 2. The molecule has 0 radical (unpaired) electrons. The largest absolute Gasteiger partial charge is 0.457 e. The fraction of sp³-hybridized carbons (Fsp3) is 0.216. The molecule has 3 unspecified atom stereocenters. The van der Waals surface area contributed by atoms with Crippen LogP contribution in [0, 0.1) is 17.8 Å². The summed E-state index contributed by atoms with van der Waals surface area (Å²) in [5.74, 6) is 1.01. The van der Waals surface area contributed by atoms with Crippen molar-refractivity contribution in [3.63, 3.8) is 0 Å². The average molecular weight is 571 g/mol. The van der Waals surface area contributed by atoms with Crippen molar-refractivity contribution in [2.75, 3.05) is 11.9 Å². The van der Waals surface area contributed by atoms with E-state index in [1.54, 1.807) is 6.20 Å². The summed E-state index contributed by atoms with van der Waals surface area (Å²) in [6.45, 7) is 0.691. The number of Topliss-reactive ketones (excluding diaryl/α,β-unsaturated/α-hetero) is 1. The third kappa shape index (κ3) is 7.16. The minimum absolute atomic E-state index is 0.105. The van der Waals surface area contributed by atoms with Crippen LogP contribution in [0.3, 0.4) is 0 Å². The quantitative estimate of drug-likeness (QED) is 0.153. The molecule has 0 spiro atoms. The number of anilines is 1. The highest BCUT2D eigenvalue weighted by atomic mass is 16.5. The predicted octanol–water partition coefficient (Wildman–Crippen LogP) is 8.10. The molecule has 1 aromatic heterocycles. The van der Waals surface area contributed by atoms with Gasteiger partial charge in [0.1, 0.15) is 11.5 Å². The minimum Gasteiger partial charge on any atom is -0.457 e. The smallest absolute Gasteiger partial charge is 0.229 e. The van der Waals surface area contributed by atoms with Crippen LogP contribution < -0.4 is 10.1 Å². The van der Waals surface area contributed by atoms with Crippen molar-refractivity contribution >= 4 is 28.3 Å². The third-order valence-corrected chi connectivity index (χ3v) is 8.12. The molecule has 1 aliphatic carbocycles. The summed E-state index contributed by atoms with van der Waals surface area (Å²) in [4.78, 5) is 31.6. The molecule has 1 amide bonds. The van der Waals surface area contributed by atoms with E-state index in [0.717, 1.165) is 35.1 Å². The van der Waals surface area contributed by atoms with E-state index >= 15 is 0 Å². The zero-order chi connectivity index (χ0) is 29.4. The van der Waals surface area contributed by atoms with E-state index < -0.39 is 5.92 Å². The van der Waals surface area contributed by atoms with E-state index in [9.17, 15) is 9.59 Å². The molecule has 6 nitrogen and oxygen atoms in total. The lowest BCUT2D eigenvalue weighted by atomic mass is 9.66. The highest BCUT2D eigenvalue weighted by Gasteiger charge is 2.39. The van der Waals surface area contributed by atoms with Gasteiger partial charge in [0.2, 0.25) is 5.91 Å².